The Labute approximate surface area is 129 Å². The van der Waals surface area contributed by atoms with Crippen molar-refractivity contribution in [2.45, 2.75) is 33.2 Å². The quantitative estimate of drug-likeness (QED) is 0.658. The largest absolute Gasteiger partial charge is 0.492 e. The van der Waals surface area contributed by atoms with E-state index < -0.39 is 0 Å². The van der Waals surface area contributed by atoms with Crippen molar-refractivity contribution in [1.82, 2.24) is 5.32 Å². The Morgan fingerprint density at radius 1 is 1.37 bits per heavy atom. The molecule has 1 unspecified atom stereocenters. The van der Waals surface area contributed by atoms with Crippen LogP contribution in [0.1, 0.15) is 38.8 Å². The third-order valence-corrected chi connectivity index (χ3v) is 4.19. The standard InChI is InChI=1S/C15H24BrNOS/c1-4-8-17-12(3)14-11-13(16)6-7-15(14)18-9-10-19-5-2/h6-7,11-12,17H,4-5,8-10H2,1-3H3. The second kappa shape index (κ2) is 9.67. The van der Waals surface area contributed by atoms with Crippen LogP contribution in [0.4, 0.5) is 0 Å². The Hall–Kier alpha value is -0.190. The average Bonchev–Trinajstić information content (AvgIpc) is 2.42. The van der Waals surface area contributed by atoms with E-state index in [2.05, 4.69) is 54.2 Å². The van der Waals surface area contributed by atoms with Crippen LogP contribution in [0, 0.1) is 0 Å². The fourth-order valence-corrected chi connectivity index (χ4v) is 2.68. The first-order valence-corrected chi connectivity index (χ1v) is 8.87. The van der Waals surface area contributed by atoms with E-state index in [4.69, 9.17) is 4.74 Å². The van der Waals surface area contributed by atoms with Crippen molar-refractivity contribution >= 4 is 27.7 Å². The molecule has 4 heteroatoms. The van der Waals surface area contributed by atoms with Gasteiger partial charge < -0.3 is 10.1 Å². The van der Waals surface area contributed by atoms with E-state index in [9.17, 15) is 0 Å². The highest BCUT2D eigenvalue weighted by Crippen LogP contribution is 2.28. The van der Waals surface area contributed by atoms with Crippen LogP contribution in [0.3, 0.4) is 0 Å². The monoisotopic (exact) mass is 345 g/mol. The average molecular weight is 346 g/mol. The highest BCUT2D eigenvalue weighted by molar-refractivity contribution is 9.10. The van der Waals surface area contributed by atoms with Gasteiger partial charge in [-0.25, -0.2) is 0 Å². The van der Waals surface area contributed by atoms with Gasteiger partial charge in [-0.2, -0.15) is 11.8 Å². The molecular weight excluding hydrogens is 322 g/mol. The number of ether oxygens (including phenoxy) is 1. The smallest absolute Gasteiger partial charge is 0.124 e. The second-order valence-electron chi connectivity index (χ2n) is 4.40. The molecule has 2 nitrogen and oxygen atoms in total. The van der Waals surface area contributed by atoms with Crippen molar-refractivity contribution in [2.24, 2.45) is 0 Å². The minimum atomic E-state index is 0.311. The molecule has 0 bridgehead atoms. The van der Waals surface area contributed by atoms with Crippen molar-refractivity contribution < 1.29 is 4.74 Å². The molecule has 1 atom stereocenters. The Morgan fingerprint density at radius 3 is 2.84 bits per heavy atom. The predicted octanol–water partition coefficient (Wildman–Crippen LogP) is 4.64. The minimum Gasteiger partial charge on any atom is -0.492 e. The van der Waals surface area contributed by atoms with Crippen LogP contribution in [-0.2, 0) is 0 Å². The number of halogens is 1. The Balaban J connectivity index is 2.67. The van der Waals surface area contributed by atoms with Gasteiger partial charge in [0.25, 0.3) is 0 Å². The highest BCUT2D eigenvalue weighted by Gasteiger charge is 2.11. The van der Waals surface area contributed by atoms with Crippen molar-refractivity contribution in [1.29, 1.82) is 0 Å². The summed E-state index contributed by atoms with van der Waals surface area (Å²) in [6.07, 6.45) is 1.14. The van der Waals surface area contributed by atoms with Crippen LogP contribution in [0.2, 0.25) is 0 Å². The van der Waals surface area contributed by atoms with E-state index in [1.807, 2.05) is 17.8 Å². The van der Waals surface area contributed by atoms with Crippen molar-refractivity contribution in [2.75, 3.05) is 24.7 Å². The van der Waals surface area contributed by atoms with Crippen molar-refractivity contribution in [3.63, 3.8) is 0 Å². The first-order valence-electron chi connectivity index (χ1n) is 6.92. The minimum absolute atomic E-state index is 0.311. The number of nitrogens with one attached hydrogen (secondary N) is 1. The molecule has 0 aromatic heterocycles. The van der Waals surface area contributed by atoms with Gasteiger partial charge >= 0.3 is 0 Å². The summed E-state index contributed by atoms with van der Waals surface area (Å²) in [6.45, 7) is 8.34. The summed E-state index contributed by atoms with van der Waals surface area (Å²) in [5.74, 6) is 3.18. The molecule has 1 N–H and O–H groups in total. The normalized spacial score (nSPS) is 12.4. The lowest BCUT2D eigenvalue weighted by molar-refractivity contribution is 0.336. The highest BCUT2D eigenvalue weighted by atomic mass is 79.9. The Bertz CT molecular complexity index is 373. The molecule has 0 saturated heterocycles. The first-order chi connectivity index (χ1) is 9.19. The maximum Gasteiger partial charge on any atom is 0.124 e. The lowest BCUT2D eigenvalue weighted by atomic mass is 10.1. The van der Waals surface area contributed by atoms with Gasteiger partial charge in [-0.3, -0.25) is 0 Å². The third kappa shape index (κ3) is 6.19. The summed E-state index contributed by atoms with van der Waals surface area (Å²) in [5.41, 5.74) is 1.23. The molecule has 1 aromatic carbocycles. The summed E-state index contributed by atoms with van der Waals surface area (Å²) < 4.78 is 7.01. The second-order valence-corrected chi connectivity index (χ2v) is 6.71. The zero-order valence-corrected chi connectivity index (χ0v) is 14.4. The molecule has 0 heterocycles. The number of thioether (sulfide) groups is 1. The van der Waals surface area contributed by atoms with Crippen LogP contribution in [0.15, 0.2) is 22.7 Å². The van der Waals surface area contributed by atoms with E-state index in [1.165, 1.54) is 5.56 Å². The fraction of sp³-hybridized carbons (Fsp3) is 0.600. The number of rotatable bonds is 9. The van der Waals surface area contributed by atoms with Crippen LogP contribution >= 0.6 is 27.7 Å². The zero-order chi connectivity index (χ0) is 14.1. The lowest BCUT2D eigenvalue weighted by Gasteiger charge is -2.18. The van der Waals surface area contributed by atoms with Gasteiger partial charge in [0.1, 0.15) is 5.75 Å². The predicted molar refractivity (Wildman–Crippen MR) is 89.3 cm³/mol. The molecule has 1 rings (SSSR count). The van der Waals surface area contributed by atoms with E-state index in [0.717, 1.165) is 41.3 Å². The molecule has 108 valence electrons. The Kier molecular flexibility index (Phi) is 8.58. The summed E-state index contributed by atoms with van der Waals surface area (Å²) >= 11 is 5.45. The maximum absolute atomic E-state index is 5.91. The summed E-state index contributed by atoms with van der Waals surface area (Å²) in [5, 5.41) is 3.51. The van der Waals surface area contributed by atoms with Gasteiger partial charge in [0.2, 0.25) is 0 Å². The lowest BCUT2D eigenvalue weighted by Crippen LogP contribution is -2.20. The van der Waals surface area contributed by atoms with Gasteiger partial charge in [-0.1, -0.05) is 29.8 Å². The number of hydrogen-bond acceptors (Lipinski definition) is 3. The van der Waals surface area contributed by atoms with Crippen LogP contribution in [0.5, 0.6) is 5.75 Å². The van der Waals surface area contributed by atoms with Crippen molar-refractivity contribution in [3.8, 4) is 5.75 Å². The molecule has 0 aliphatic carbocycles. The summed E-state index contributed by atoms with van der Waals surface area (Å²) in [4.78, 5) is 0. The van der Waals surface area contributed by atoms with E-state index in [0.29, 0.717) is 6.04 Å². The van der Waals surface area contributed by atoms with E-state index >= 15 is 0 Å². The van der Waals surface area contributed by atoms with E-state index in [-0.39, 0.29) is 0 Å². The first kappa shape index (κ1) is 16.9. The molecule has 1 aromatic rings. The van der Waals surface area contributed by atoms with E-state index in [1.54, 1.807) is 0 Å². The van der Waals surface area contributed by atoms with Crippen LogP contribution in [0.25, 0.3) is 0 Å². The maximum atomic E-state index is 5.91. The fourth-order valence-electron chi connectivity index (χ4n) is 1.81. The SMILES string of the molecule is CCCNC(C)c1cc(Br)ccc1OCCSCC. The molecule has 0 spiro atoms. The molecule has 0 fully saturated rings. The van der Waals surface area contributed by atoms with Gasteiger partial charge in [0.15, 0.2) is 0 Å². The summed E-state index contributed by atoms with van der Waals surface area (Å²) in [6, 6.07) is 6.56. The third-order valence-electron chi connectivity index (χ3n) is 2.83. The number of hydrogen-bond donors (Lipinski definition) is 1. The molecular formula is C15H24BrNOS. The van der Waals surface area contributed by atoms with Crippen LogP contribution in [-0.4, -0.2) is 24.7 Å². The van der Waals surface area contributed by atoms with Crippen molar-refractivity contribution in [3.05, 3.63) is 28.2 Å². The molecule has 0 amide bonds. The molecule has 0 aliphatic rings. The molecule has 0 aliphatic heterocycles. The topological polar surface area (TPSA) is 21.3 Å². The molecule has 0 saturated carbocycles. The van der Waals surface area contributed by atoms with Crippen LogP contribution < -0.4 is 10.1 Å². The Morgan fingerprint density at radius 2 is 2.16 bits per heavy atom. The molecule has 19 heavy (non-hydrogen) atoms. The van der Waals surface area contributed by atoms with Gasteiger partial charge in [0, 0.05) is 21.8 Å². The van der Waals surface area contributed by atoms with Gasteiger partial charge in [-0.15, -0.1) is 0 Å². The summed E-state index contributed by atoms with van der Waals surface area (Å²) in [7, 11) is 0. The molecule has 0 radical (unpaired) electrons. The number of benzene rings is 1. The van der Waals surface area contributed by atoms with Gasteiger partial charge in [0.05, 0.1) is 6.61 Å². The zero-order valence-electron chi connectivity index (χ0n) is 12.0. The van der Waals surface area contributed by atoms with Gasteiger partial charge in [-0.05, 0) is 43.8 Å².